The minimum Gasteiger partial charge on any atom is -0.325 e. The summed E-state index contributed by atoms with van der Waals surface area (Å²) >= 11 is 0. The Balaban J connectivity index is 0.000000574. The summed E-state index contributed by atoms with van der Waals surface area (Å²) in [5.41, 5.74) is 6.20. The van der Waals surface area contributed by atoms with E-state index in [0.717, 1.165) is 19.1 Å². The lowest BCUT2D eigenvalue weighted by molar-refractivity contribution is 0.0696. The molecule has 2 aliphatic heterocycles. The predicted molar refractivity (Wildman–Crippen MR) is 76.8 cm³/mol. The Morgan fingerprint density at radius 1 is 0.944 bits per heavy atom. The summed E-state index contributed by atoms with van der Waals surface area (Å²) in [6, 6.07) is 1.90. The quantitative estimate of drug-likeness (QED) is 0.752. The van der Waals surface area contributed by atoms with E-state index in [1.54, 1.807) is 0 Å². The summed E-state index contributed by atoms with van der Waals surface area (Å²) in [6.45, 7) is 11.1. The third-order valence-electron chi connectivity index (χ3n) is 4.37. The van der Waals surface area contributed by atoms with Crippen LogP contribution in [-0.4, -0.2) is 67.2 Å². The largest absolute Gasteiger partial charge is 0.325 e. The molecule has 0 spiro atoms. The van der Waals surface area contributed by atoms with E-state index in [0.29, 0.717) is 12.1 Å². The van der Waals surface area contributed by atoms with Gasteiger partial charge in [0, 0.05) is 50.8 Å². The van der Waals surface area contributed by atoms with Gasteiger partial charge in [0.15, 0.2) is 0 Å². The number of hydrogen-bond acceptors (Lipinski definition) is 4. The SMILES string of the molecule is CC.NC1CNCCC1N1CCN(C2CC2)CC1. The van der Waals surface area contributed by atoms with Gasteiger partial charge in [-0.3, -0.25) is 9.80 Å². The van der Waals surface area contributed by atoms with Gasteiger partial charge in [-0.15, -0.1) is 0 Å². The van der Waals surface area contributed by atoms with Gasteiger partial charge >= 0.3 is 0 Å². The summed E-state index contributed by atoms with van der Waals surface area (Å²) in [5.74, 6) is 0. The molecular weight excluding hydrogens is 224 g/mol. The molecule has 0 aromatic heterocycles. The van der Waals surface area contributed by atoms with Gasteiger partial charge in [-0.25, -0.2) is 0 Å². The van der Waals surface area contributed by atoms with Crippen molar-refractivity contribution in [3.63, 3.8) is 0 Å². The van der Waals surface area contributed by atoms with Crippen molar-refractivity contribution in [3.8, 4) is 0 Å². The summed E-state index contributed by atoms with van der Waals surface area (Å²) in [7, 11) is 0. The van der Waals surface area contributed by atoms with Gasteiger partial charge in [0.25, 0.3) is 0 Å². The Kier molecular flexibility index (Phi) is 5.42. The molecule has 4 heteroatoms. The zero-order chi connectivity index (χ0) is 13.0. The van der Waals surface area contributed by atoms with Crippen LogP contribution < -0.4 is 11.1 Å². The van der Waals surface area contributed by atoms with E-state index in [2.05, 4.69) is 15.1 Å². The van der Waals surface area contributed by atoms with E-state index in [4.69, 9.17) is 5.73 Å². The smallest absolute Gasteiger partial charge is 0.0324 e. The van der Waals surface area contributed by atoms with E-state index < -0.39 is 0 Å². The van der Waals surface area contributed by atoms with Gasteiger partial charge in [-0.1, -0.05) is 13.8 Å². The first-order valence-corrected chi connectivity index (χ1v) is 7.79. The maximum atomic E-state index is 6.20. The number of nitrogens with two attached hydrogens (primary N) is 1. The molecule has 2 unspecified atom stereocenters. The van der Waals surface area contributed by atoms with Crippen molar-refractivity contribution in [3.05, 3.63) is 0 Å². The fourth-order valence-electron chi connectivity index (χ4n) is 3.20. The van der Waals surface area contributed by atoms with Crippen molar-refractivity contribution in [2.24, 2.45) is 5.73 Å². The van der Waals surface area contributed by atoms with Crippen LogP contribution in [0.4, 0.5) is 0 Å². The van der Waals surface area contributed by atoms with Gasteiger partial charge in [0.2, 0.25) is 0 Å². The number of nitrogens with one attached hydrogen (secondary N) is 1. The third-order valence-corrected chi connectivity index (χ3v) is 4.37. The van der Waals surface area contributed by atoms with Crippen molar-refractivity contribution >= 4 is 0 Å². The number of piperazine rings is 1. The maximum Gasteiger partial charge on any atom is 0.0324 e. The van der Waals surface area contributed by atoms with E-state index in [9.17, 15) is 0 Å². The van der Waals surface area contributed by atoms with Gasteiger partial charge < -0.3 is 11.1 Å². The molecule has 2 saturated heterocycles. The number of rotatable bonds is 2. The van der Waals surface area contributed by atoms with Crippen LogP contribution in [0.15, 0.2) is 0 Å². The Morgan fingerprint density at radius 2 is 1.56 bits per heavy atom. The first-order chi connectivity index (χ1) is 8.84. The summed E-state index contributed by atoms with van der Waals surface area (Å²) < 4.78 is 0. The molecular formula is C14H30N4. The van der Waals surface area contributed by atoms with E-state index >= 15 is 0 Å². The van der Waals surface area contributed by atoms with E-state index in [1.165, 1.54) is 45.4 Å². The highest BCUT2D eigenvalue weighted by Gasteiger charge is 2.34. The molecule has 1 saturated carbocycles. The highest BCUT2D eigenvalue weighted by Crippen LogP contribution is 2.28. The minimum absolute atomic E-state index is 0.334. The van der Waals surface area contributed by atoms with Crippen LogP contribution in [0.5, 0.6) is 0 Å². The second-order valence-corrected chi connectivity index (χ2v) is 5.53. The normalized spacial score (nSPS) is 34.8. The van der Waals surface area contributed by atoms with Crippen LogP contribution in [0, 0.1) is 0 Å². The predicted octanol–water partition coefficient (Wildman–Crippen LogP) is 0.482. The lowest BCUT2D eigenvalue weighted by Gasteiger charge is -2.43. The van der Waals surface area contributed by atoms with Crippen LogP contribution in [0.1, 0.15) is 33.1 Å². The Morgan fingerprint density at radius 3 is 2.11 bits per heavy atom. The molecule has 4 nitrogen and oxygen atoms in total. The maximum absolute atomic E-state index is 6.20. The molecule has 0 bridgehead atoms. The zero-order valence-corrected chi connectivity index (χ0v) is 12.1. The lowest BCUT2D eigenvalue weighted by Crippen LogP contribution is -2.60. The molecule has 3 aliphatic rings. The Labute approximate surface area is 112 Å². The highest BCUT2D eigenvalue weighted by atomic mass is 15.3. The molecule has 3 fully saturated rings. The fourth-order valence-corrected chi connectivity index (χ4v) is 3.20. The zero-order valence-electron chi connectivity index (χ0n) is 12.1. The average molecular weight is 254 g/mol. The van der Waals surface area contributed by atoms with Gasteiger partial charge in [-0.2, -0.15) is 0 Å². The number of nitrogens with zero attached hydrogens (tertiary/aromatic N) is 2. The van der Waals surface area contributed by atoms with Crippen LogP contribution in [-0.2, 0) is 0 Å². The number of piperidine rings is 1. The first-order valence-electron chi connectivity index (χ1n) is 7.79. The topological polar surface area (TPSA) is 44.5 Å². The number of hydrogen-bond donors (Lipinski definition) is 2. The van der Waals surface area contributed by atoms with Gasteiger partial charge in [0.05, 0.1) is 0 Å². The lowest BCUT2D eigenvalue weighted by atomic mass is 9.99. The second-order valence-electron chi connectivity index (χ2n) is 5.53. The fraction of sp³-hybridized carbons (Fsp3) is 1.00. The molecule has 2 atom stereocenters. The molecule has 3 N–H and O–H groups in total. The molecule has 0 amide bonds. The van der Waals surface area contributed by atoms with Crippen LogP contribution in [0.2, 0.25) is 0 Å². The molecule has 0 radical (unpaired) electrons. The van der Waals surface area contributed by atoms with Gasteiger partial charge in [-0.05, 0) is 25.8 Å². The van der Waals surface area contributed by atoms with Crippen LogP contribution in [0.25, 0.3) is 0 Å². The summed E-state index contributed by atoms with van der Waals surface area (Å²) in [5, 5.41) is 3.38. The molecule has 0 aromatic rings. The Hall–Kier alpha value is -0.160. The first kappa shape index (κ1) is 14.3. The van der Waals surface area contributed by atoms with Crippen LogP contribution in [0.3, 0.4) is 0 Å². The third kappa shape index (κ3) is 3.44. The highest BCUT2D eigenvalue weighted by molar-refractivity contribution is 4.93. The Bertz CT molecular complexity index is 234. The molecule has 18 heavy (non-hydrogen) atoms. The second kappa shape index (κ2) is 6.85. The standard InChI is InChI=1S/C12H24N4.C2H6/c13-11-9-14-4-3-12(11)16-7-5-15(6-8-16)10-1-2-10;1-2/h10-12,14H,1-9,13H2;1-2H3. The van der Waals surface area contributed by atoms with Crippen molar-refractivity contribution in [1.29, 1.82) is 0 Å². The van der Waals surface area contributed by atoms with E-state index in [1.807, 2.05) is 13.8 Å². The average Bonchev–Trinajstić information content (AvgIpc) is 3.26. The van der Waals surface area contributed by atoms with Crippen molar-refractivity contribution in [1.82, 2.24) is 15.1 Å². The van der Waals surface area contributed by atoms with Crippen molar-refractivity contribution in [2.45, 2.75) is 51.2 Å². The van der Waals surface area contributed by atoms with Crippen LogP contribution >= 0.6 is 0 Å². The molecule has 3 rings (SSSR count). The molecule has 0 aromatic carbocycles. The van der Waals surface area contributed by atoms with Crippen molar-refractivity contribution in [2.75, 3.05) is 39.3 Å². The van der Waals surface area contributed by atoms with E-state index in [-0.39, 0.29) is 0 Å². The minimum atomic E-state index is 0.334. The summed E-state index contributed by atoms with van der Waals surface area (Å²) in [4.78, 5) is 5.30. The summed E-state index contributed by atoms with van der Waals surface area (Å²) in [6.07, 6.45) is 4.10. The molecule has 2 heterocycles. The van der Waals surface area contributed by atoms with Gasteiger partial charge in [0.1, 0.15) is 0 Å². The monoisotopic (exact) mass is 254 g/mol. The van der Waals surface area contributed by atoms with Crippen molar-refractivity contribution < 1.29 is 0 Å². The molecule has 1 aliphatic carbocycles. The molecule has 106 valence electrons.